The van der Waals surface area contributed by atoms with Crippen LogP contribution in [-0.2, 0) is 11.0 Å². The average molecular weight is 384 g/mol. The number of rotatable bonds is 3. The molecule has 26 heavy (non-hydrogen) atoms. The topological polar surface area (TPSA) is 70.5 Å². The van der Waals surface area contributed by atoms with Crippen molar-refractivity contribution in [3.8, 4) is 10.6 Å². The number of hydrogen-bond acceptors (Lipinski definition) is 4. The van der Waals surface area contributed by atoms with Gasteiger partial charge in [-0.15, -0.1) is 11.3 Å². The number of carboxylic acids is 1. The molecule has 138 valence electrons. The molecule has 1 saturated heterocycles. The molecule has 0 saturated carbocycles. The SMILES string of the molecule is Cc1nc(-c2ccc(C(F)(F)F)cc2)sc1C(=O)N1CC[C@H](C(=O)O)C1. The number of hydrogen-bond donors (Lipinski definition) is 1. The molecule has 1 aromatic carbocycles. The second-order valence-electron chi connectivity index (χ2n) is 6.08. The number of likely N-dealkylation sites (tertiary alicyclic amines) is 1. The minimum absolute atomic E-state index is 0.154. The summed E-state index contributed by atoms with van der Waals surface area (Å²) < 4.78 is 38.0. The van der Waals surface area contributed by atoms with E-state index in [0.29, 0.717) is 34.1 Å². The smallest absolute Gasteiger partial charge is 0.416 e. The van der Waals surface area contributed by atoms with E-state index in [1.54, 1.807) is 6.92 Å². The molecule has 1 N–H and O–H groups in total. The van der Waals surface area contributed by atoms with Crippen LogP contribution < -0.4 is 0 Å². The second kappa shape index (κ2) is 6.71. The molecule has 1 aliphatic heterocycles. The Morgan fingerprint density at radius 3 is 2.46 bits per heavy atom. The molecule has 1 atom stereocenters. The standard InChI is InChI=1S/C17H15F3N2O3S/c1-9-13(15(23)22-7-6-11(8-22)16(24)25)26-14(21-9)10-2-4-12(5-3-10)17(18,19)20/h2-5,11H,6-8H2,1H3,(H,24,25)/t11-/m0/s1. The summed E-state index contributed by atoms with van der Waals surface area (Å²) in [7, 11) is 0. The van der Waals surface area contributed by atoms with Crippen molar-refractivity contribution in [2.24, 2.45) is 5.92 Å². The van der Waals surface area contributed by atoms with Crippen LogP contribution in [0.4, 0.5) is 13.2 Å². The van der Waals surface area contributed by atoms with Gasteiger partial charge in [0.25, 0.3) is 5.91 Å². The highest BCUT2D eigenvalue weighted by atomic mass is 32.1. The van der Waals surface area contributed by atoms with E-state index < -0.39 is 23.6 Å². The van der Waals surface area contributed by atoms with Crippen LogP contribution in [-0.4, -0.2) is 40.0 Å². The molecule has 3 rings (SSSR count). The maximum Gasteiger partial charge on any atom is 0.416 e. The maximum atomic E-state index is 12.7. The van der Waals surface area contributed by atoms with Crippen LogP contribution in [0.5, 0.6) is 0 Å². The van der Waals surface area contributed by atoms with Crippen LogP contribution in [0.15, 0.2) is 24.3 Å². The lowest BCUT2D eigenvalue weighted by Gasteiger charge is -2.14. The van der Waals surface area contributed by atoms with E-state index in [9.17, 15) is 22.8 Å². The second-order valence-corrected chi connectivity index (χ2v) is 7.08. The van der Waals surface area contributed by atoms with Gasteiger partial charge in [0.2, 0.25) is 0 Å². The average Bonchev–Trinajstić information content (AvgIpc) is 3.20. The summed E-state index contributed by atoms with van der Waals surface area (Å²) in [6, 6.07) is 4.61. The molecule has 2 aromatic rings. The van der Waals surface area contributed by atoms with Gasteiger partial charge in [0.1, 0.15) is 9.88 Å². The number of carboxylic acid groups (broad SMARTS) is 1. The minimum atomic E-state index is -4.41. The fraction of sp³-hybridized carbons (Fsp3) is 0.353. The molecule has 0 unspecified atom stereocenters. The van der Waals surface area contributed by atoms with Crippen molar-refractivity contribution in [3.05, 3.63) is 40.4 Å². The van der Waals surface area contributed by atoms with Crippen molar-refractivity contribution in [2.75, 3.05) is 13.1 Å². The number of aryl methyl sites for hydroxylation is 1. The van der Waals surface area contributed by atoms with Gasteiger partial charge >= 0.3 is 12.1 Å². The number of amides is 1. The Kier molecular flexibility index (Phi) is 4.74. The third kappa shape index (κ3) is 3.57. The van der Waals surface area contributed by atoms with Gasteiger partial charge in [-0.05, 0) is 25.5 Å². The zero-order valence-corrected chi connectivity index (χ0v) is 14.5. The molecule has 2 heterocycles. The number of halogens is 3. The Balaban J connectivity index is 1.81. The normalized spacial score (nSPS) is 17.5. The van der Waals surface area contributed by atoms with Crippen molar-refractivity contribution in [3.63, 3.8) is 0 Å². The van der Waals surface area contributed by atoms with E-state index in [1.165, 1.54) is 17.0 Å². The highest BCUT2D eigenvalue weighted by Crippen LogP contribution is 2.33. The predicted octanol–water partition coefficient (Wildman–Crippen LogP) is 3.68. The quantitative estimate of drug-likeness (QED) is 0.876. The first-order valence-electron chi connectivity index (χ1n) is 7.84. The fourth-order valence-corrected chi connectivity index (χ4v) is 3.85. The zero-order chi connectivity index (χ0) is 19.1. The first-order chi connectivity index (χ1) is 12.2. The van der Waals surface area contributed by atoms with E-state index >= 15 is 0 Å². The third-order valence-corrected chi connectivity index (χ3v) is 5.47. The molecule has 1 aliphatic rings. The predicted molar refractivity (Wildman–Crippen MR) is 88.9 cm³/mol. The van der Waals surface area contributed by atoms with E-state index in [1.807, 2.05) is 0 Å². The van der Waals surface area contributed by atoms with Crippen molar-refractivity contribution < 1.29 is 27.9 Å². The van der Waals surface area contributed by atoms with Crippen LogP contribution in [0.2, 0.25) is 0 Å². The van der Waals surface area contributed by atoms with Crippen molar-refractivity contribution in [1.29, 1.82) is 0 Å². The maximum absolute atomic E-state index is 12.7. The van der Waals surface area contributed by atoms with E-state index in [2.05, 4.69) is 4.98 Å². The summed E-state index contributed by atoms with van der Waals surface area (Å²) in [6.45, 7) is 2.17. The van der Waals surface area contributed by atoms with Gasteiger partial charge in [0.15, 0.2) is 0 Å². The number of carbonyl (C=O) groups excluding carboxylic acids is 1. The lowest BCUT2D eigenvalue weighted by molar-refractivity contribution is -0.141. The summed E-state index contributed by atoms with van der Waals surface area (Å²) in [5.74, 6) is -1.78. The Labute approximate surface area is 151 Å². The van der Waals surface area contributed by atoms with Gasteiger partial charge in [0.05, 0.1) is 17.2 Å². The minimum Gasteiger partial charge on any atom is -0.481 e. The van der Waals surface area contributed by atoms with Crippen molar-refractivity contribution in [1.82, 2.24) is 9.88 Å². The zero-order valence-electron chi connectivity index (χ0n) is 13.7. The van der Waals surface area contributed by atoms with E-state index in [4.69, 9.17) is 5.11 Å². The van der Waals surface area contributed by atoms with Crippen LogP contribution >= 0.6 is 11.3 Å². The monoisotopic (exact) mass is 384 g/mol. The molecule has 0 aliphatic carbocycles. The molecule has 1 amide bonds. The molecular formula is C17H15F3N2O3S. The number of thiazole rings is 1. The Hall–Kier alpha value is -2.42. The first-order valence-corrected chi connectivity index (χ1v) is 8.65. The van der Waals surface area contributed by atoms with Gasteiger partial charge in [0, 0.05) is 18.7 Å². The van der Waals surface area contributed by atoms with E-state index in [-0.39, 0.29) is 12.5 Å². The molecule has 0 radical (unpaired) electrons. The summed E-state index contributed by atoms with van der Waals surface area (Å²) in [4.78, 5) is 29.8. The summed E-state index contributed by atoms with van der Waals surface area (Å²) >= 11 is 1.10. The summed E-state index contributed by atoms with van der Waals surface area (Å²) in [6.07, 6.45) is -4.00. The van der Waals surface area contributed by atoms with Crippen LogP contribution in [0.1, 0.15) is 27.3 Å². The summed E-state index contributed by atoms with van der Waals surface area (Å²) in [5, 5.41) is 9.49. The number of benzene rings is 1. The van der Waals surface area contributed by atoms with Gasteiger partial charge in [-0.2, -0.15) is 13.2 Å². The largest absolute Gasteiger partial charge is 0.481 e. The van der Waals surface area contributed by atoms with E-state index in [0.717, 1.165) is 23.5 Å². The molecule has 9 heteroatoms. The molecule has 1 aromatic heterocycles. The van der Waals surface area contributed by atoms with Gasteiger partial charge < -0.3 is 10.0 Å². The van der Waals surface area contributed by atoms with Crippen LogP contribution in [0.3, 0.4) is 0 Å². The number of aliphatic carboxylic acids is 1. The van der Waals surface area contributed by atoms with Crippen molar-refractivity contribution >= 4 is 23.2 Å². The number of nitrogens with zero attached hydrogens (tertiary/aromatic N) is 2. The van der Waals surface area contributed by atoms with Crippen molar-refractivity contribution in [2.45, 2.75) is 19.5 Å². The highest BCUT2D eigenvalue weighted by Gasteiger charge is 2.33. The molecular weight excluding hydrogens is 369 g/mol. The fourth-order valence-electron chi connectivity index (χ4n) is 2.81. The van der Waals surface area contributed by atoms with Gasteiger partial charge in [-0.1, -0.05) is 12.1 Å². The lowest BCUT2D eigenvalue weighted by Crippen LogP contribution is -2.29. The lowest BCUT2D eigenvalue weighted by atomic mass is 10.1. The van der Waals surface area contributed by atoms with Gasteiger partial charge in [-0.3, -0.25) is 9.59 Å². The first kappa shape index (κ1) is 18.4. The number of carbonyl (C=O) groups is 2. The Morgan fingerprint density at radius 2 is 1.92 bits per heavy atom. The van der Waals surface area contributed by atoms with Crippen LogP contribution in [0.25, 0.3) is 10.6 Å². The van der Waals surface area contributed by atoms with Gasteiger partial charge in [-0.25, -0.2) is 4.98 Å². The molecule has 1 fully saturated rings. The highest BCUT2D eigenvalue weighted by molar-refractivity contribution is 7.17. The molecule has 5 nitrogen and oxygen atoms in total. The Morgan fingerprint density at radius 1 is 1.27 bits per heavy atom. The molecule has 0 bridgehead atoms. The van der Waals surface area contributed by atoms with Crippen LogP contribution in [0, 0.1) is 12.8 Å². The Bertz CT molecular complexity index is 846. The number of aromatic nitrogens is 1. The summed E-state index contributed by atoms with van der Waals surface area (Å²) in [5.41, 5.74) is 0.228. The third-order valence-electron chi connectivity index (χ3n) is 4.27. The molecule has 0 spiro atoms. The number of alkyl halides is 3.